The number of carbonyl (C=O) groups excluding carboxylic acids is 1. The summed E-state index contributed by atoms with van der Waals surface area (Å²) in [7, 11) is 0. The van der Waals surface area contributed by atoms with Crippen molar-refractivity contribution in [2.24, 2.45) is 0 Å². The number of hydrogen-bond acceptors (Lipinski definition) is 8. The van der Waals surface area contributed by atoms with E-state index in [1.165, 1.54) is 18.2 Å². The highest BCUT2D eigenvalue weighted by molar-refractivity contribution is 5.90. The number of anilines is 2. The highest BCUT2D eigenvalue weighted by Gasteiger charge is 2.32. The predicted molar refractivity (Wildman–Crippen MR) is 106 cm³/mol. The van der Waals surface area contributed by atoms with Crippen LogP contribution in [0.4, 0.5) is 26.5 Å². The average Bonchev–Trinajstić information content (AvgIpc) is 2.69. The van der Waals surface area contributed by atoms with Crippen LogP contribution in [0, 0.1) is 15.9 Å². The molecule has 2 heterocycles. The number of fused-ring (bicyclic) bond motifs is 4. The third-order valence-electron chi connectivity index (χ3n) is 4.24. The summed E-state index contributed by atoms with van der Waals surface area (Å²) in [6.45, 7) is 1.62. The Morgan fingerprint density at radius 1 is 1.40 bits per heavy atom. The van der Waals surface area contributed by atoms with Crippen LogP contribution < -0.4 is 15.4 Å². The van der Waals surface area contributed by atoms with Crippen molar-refractivity contribution in [3.63, 3.8) is 0 Å². The Labute approximate surface area is 171 Å². The summed E-state index contributed by atoms with van der Waals surface area (Å²) in [4.78, 5) is 32.8. The van der Waals surface area contributed by atoms with Crippen LogP contribution in [0.1, 0.15) is 24.7 Å². The maximum absolute atomic E-state index is 14.1. The number of allylic oxidation sites excluding steroid dienone is 1. The maximum atomic E-state index is 14.1. The SMILES string of the molecule is CCOC(=O)N1Cc2ccc(F)c(c2)OC/C=C\CCc2nc(N)c([N+](=O)[O-])c1n2. The minimum absolute atomic E-state index is 0.00425. The molecule has 0 saturated carbocycles. The molecule has 0 radical (unpaired) electrons. The highest BCUT2D eigenvalue weighted by atomic mass is 19.1. The Morgan fingerprint density at radius 3 is 2.93 bits per heavy atom. The number of nitro groups is 1. The van der Waals surface area contributed by atoms with E-state index in [-0.39, 0.29) is 43.0 Å². The van der Waals surface area contributed by atoms with Gasteiger partial charge in [0.15, 0.2) is 11.6 Å². The number of carbonyl (C=O) groups is 1. The van der Waals surface area contributed by atoms with Gasteiger partial charge in [-0.05, 0) is 31.0 Å². The number of hydrogen-bond donors (Lipinski definition) is 1. The molecule has 2 N–H and O–H groups in total. The van der Waals surface area contributed by atoms with Crippen molar-refractivity contribution < 1.29 is 23.6 Å². The Hall–Kier alpha value is -3.76. The van der Waals surface area contributed by atoms with Gasteiger partial charge in [0.2, 0.25) is 11.6 Å². The van der Waals surface area contributed by atoms with Gasteiger partial charge < -0.3 is 15.2 Å². The molecule has 3 rings (SSSR count). The van der Waals surface area contributed by atoms with Crippen LogP contribution >= 0.6 is 0 Å². The Morgan fingerprint density at radius 2 is 2.20 bits per heavy atom. The number of amides is 1. The molecule has 0 unspecified atom stereocenters. The molecule has 1 aliphatic heterocycles. The minimum atomic E-state index is -0.858. The molecule has 0 spiro atoms. The van der Waals surface area contributed by atoms with Gasteiger partial charge in [0.05, 0.1) is 18.1 Å². The lowest BCUT2D eigenvalue weighted by molar-refractivity contribution is -0.383. The number of aryl methyl sites for hydroxylation is 1. The Kier molecular flexibility index (Phi) is 6.40. The summed E-state index contributed by atoms with van der Waals surface area (Å²) in [6, 6.07) is 4.05. The zero-order chi connectivity index (χ0) is 21.7. The fourth-order valence-corrected chi connectivity index (χ4v) is 2.88. The molecule has 4 bridgehead atoms. The largest absolute Gasteiger partial charge is 0.486 e. The van der Waals surface area contributed by atoms with E-state index in [9.17, 15) is 19.3 Å². The summed E-state index contributed by atoms with van der Waals surface area (Å²) in [5.41, 5.74) is 5.68. The molecule has 1 aliphatic rings. The van der Waals surface area contributed by atoms with Gasteiger partial charge in [0.1, 0.15) is 12.4 Å². The summed E-state index contributed by atoms with van der Waals surface area (Å²) in [5, 5.41) is 11.6. The molecule has 0 aliphatic carbocycles. The minimum Gasteiger partial charge on any atom is -0.486 e. The molecule has 10 nitrogen and oxygen atoms in total. The molecule has 11 heteroatoms. The molecule has 1 aromatic heterocycles. The van der Waals surface area contributed by atoms with Gasteiger partial charge in [0.25, 0.3) is 0 Å². The zero-order valence-electron chi connectivity index (χ0n) is 16.2. The fourth-order valence-electron chi connectivity index (χ4n) is 2.88. The second-order valence-electron chi connectivity index (χ2n) is 6.33. The molecule has 0 fully saturated rings. The number of ether oxygens (including phenoxy) is 2. The van der Waals surface area contributed by atoms with Gasteiger partial charge in [0, 0.05) is 6.42 Å². The van der Waals surface area contributed by atoms with Crippen molar-refractivity contribution in [2.45, 2.75) is 26.3 Å². The van der Waals surface area contributed by atoms with Crippen LogP contribution in [0.25, 0.3) is 0 Å². The molecule has 0 saturated heterocycles. The van der Waals surface area contributed by atoms with Crippen molar-refractivity contribution in [1.29, 1.82) is 0 Å². The Balaban J connectivity index is 2.18. The molecular formula is C19H20FN5O5. The summed E-state index contributed by atoms with van der Waals surface area (Å²) in [6.07, 6.45) is 3.46. The lowest BCUT2D eigenvalue weighted by Crippen LogP contribution is -2.33. The first-order valence-corrected chi connectivity index (χ1v) is 9.22. The summed E-state index contributed by atoms with van der Waals surface area (Å²) < 4.78 is 24.6. The summed E-state index contributed by atoms with van der Waals surface area (Å²) >= 11 is 0. The van der Waals surface area contributed by atoms with Crippen molar-refractivity contribution in [2.75, 3.05) is 23.8 Å². The normalized spacial score (nSPS) is 14.9. The van der Waals surface area contributed by atoms with Crippen LogP contribution in [0.3, 0.4) is 0 Å². The lowest BCUT2D eigenvalue weighted by Gasteiger charge is -2.22. The van der Waals surface area contributed by atoms with Gasteiger partial charge in [-0.15, -0.1) is 0 Å². The predicted octanol–water partition coefficient (Wildman–Crippen LogP) is 3.15. The van der Waals surface area contributed by atoms with E-state index >= 15 is 0 Å². The number of aromatic nitrogens is 2. The van der Waals surface area contributed by atoms with Gasteiger partial charge >= 0.3 is 11.8 Å². The van der Waals surface area contributed by atoms with E-state index in [1.54, 1.807) is 19.1 Å². The number of halogens is 1. The second-order valence-corrected chi connectivity index (χ2v) is 6.33. The van der Waals surface area contributed by atoms with Crippen LogP contribution in [0.2, 0.25) is 0 Å². The maximum Gasteiger partial charge on any atom is 0.415 e. The number of nitrogens with two attached hydrogens (primary N) is 1. The molecule has 30 heavy (non-hydrogen) atoms. The van der Waals surface area contributed by atoms with E-state index < -0.39 is 22.5 Å². The van der Waals surface area contributed by atoms with E-state index in [4.69, 9.17) is 15.2 Å². The van der Waals surface area contributed by atoms with Crippen LogP contribution in [0.15, 0.2) is 30.4 Å². The highest BCUT2D eigenvalue weighted by Crippen LogP contribution is 2.33. The monoisotopic (exact) mass is 417 g/mol. The molecular weight excluding hydrogens is 397 g/mol. The third-order valence-corrected chi connectivity index (χ3v) is 4.24. The smallest absolute Gasteiger partial charge is 0.415 e. The van der Waals surface area contributed by atoms with Gasteiger partial charge in [-0.25, -0.2) is 19.2 Å². The van der Waals surface area contributed by atoms with Gasteiger partial charge in [-0.1, -0.05) is 18.2 Å². The zero-order valence-corrected chi connectivity index (χ0v) is 16.2. The molecule has 0 atom stereocenters. The van der Waals surface area contributed by atoms with Crippen molar-refractivity contribution >= 4 is 23.4 Å². The average molecular weight is 417 g/mol. The van der Waals surface area contributed by atoms with E-state index in [0.29, 0.717) is 18.4 Å². The number of rotatable bonds is 2. The molecule has 158 valence electrons. The molecule has 1 aromatic carbocycles. The number of nitrogens with zero attached hydrogens (tertiary/aromatic N) is 4. The topological polar surface area (TPSA) is 134 Å². The number of benzene rings is 1. The van der Waals surface area contributed by atoms with Crippen LogP contribution in [-0.2, 0) is 17.7 Å². The standard InChI is InChI=1S/C19H20FN5O5/c1-2-29-19(26)24-11-12-7-8-13(20)14(10-12)30-9-5-3-4-6-15-22-17(21)16(25(27)28)18(24)23-15/h3,5,7-8,10H,2,4,6,9,11H2,1H3,(H2,21,22,23)/b5-3-. The second kappa shape index (κ2) is 9.16. The summed E-state index contributed by atoms with van der Waals surface area (Å²) in [5.74, 6) is -0.969. The Bertz CT molecular complexity index is 998. The van der Waals surface area contributed by atoms with Gasteiger partial charge in [-0.3, -0.25) is 15.0 Å². The number of nitrogen functional groups attached to an aromatic ring is 1. The van der Waals surface area contributed by atoms with E-state index in [2.05, 4.69) is 9.97 Å². The lowest BCUT2D eigenvalue weighted by atomic mass is 10.2. The van der Waals surface area contributed by atoms with Crippen molar-refractivity contribution in [3.05, 3.63) is 57.7 Å². The van der Waals surface area contributed by atoms with E-state index in [1.807, 2.05) is 0 Å². The fraction of sp³-hybridized carbons (Fsp3) is 0.316. The van der Waals surface area contributed by atoms with E-state index in [0.717, 1.165) is 4.90 Å². The third kappa shape index (κ3) is 4.62. The van der Waals surface area contributed by atoms with Crippen LogP contribution in [0.5, 0.6) is 5.75 Å². The van der Waals surface area contributed by atoms with Crippen molar-refractivity contribution in [1.82, 2.24) is 9.97 Å². The van der Waals surface area contributed by atoms with Gasteiger partial charge in [-0.2, -0.15) is 0 Å². The first-order valence-electron chi connectivity index (χ1n) is 9.22. The first-order chi connectivity index (χ1) is 14.4. The van der Waals surface area contributed by atoms with Crippen LogP contribution in [-0.4, -0.2) is 34.2 Å². The molecule has 1 amide bonds. The van der Waals surface area contributed by atoms with Crippen molar-refractivity contribution in [3.8, 4) is 5.75 Å². The first kappa shape index (κ1) is 21.0. The molecule has 2 aromatic rings. The quantitative estimate of drug-likeness (QED) is 0.447.